The average Bonchev–Trinajstić information content (AvgIpc) is 2.73. The molecule has 2 aromatic heterocycles. The molecule has 0 aliphatic rings. The molecule has 0 bridgehead atoms. The molecule has 1 N–H and O–H groups in total. The Morgan fingerprint density at radius 2 is 1.59 bits per heavy atom. The molecule has 27 heavy (non-hydrogen) atoms. The Balaban J connectivity index is 2.19. The van der Waals surface area contributed by atoms with Crippen molar-refractivity contribution in [1.29, 1.82) is 5.26 Å². The molecule has 1 aromatic carbocycles. The van der Waals surface area contributed by atoms with Crippen molar-refractivity contribution < 1.29 is 14.2 Å². The molecular formula is C19H17N5O3. The number of nitrogens with zero attached hydrogens (tertiary/aromatic N) is 4. The number of aromatic nitrogens is 3. The van der Waals surface area contributed by atoms with Crippen LogP contribution in [0.3, 0.4) is 0 Å². The monoisotopic (exact) mass is 363 g/mol. The Hall–Kier alpha value is -3.86. The molecule has 0 radical (unpaired) electrons. The van der Waals surface area contributed by atoms with Crippen LogP contribution in [0.25, 0.3) is 22.6 Å². The summed E-state index contributed by atoms with van der Waals surface area (Å²) in [6, 6.07) is 10.9. The third-order valence-electron chi connectivity index (χ3n) is 3.78. The number of benzene rings is 1. The predicted octanol–water partition coefficient (Wildman–Crippen LogP) is 3.12. The van der Waals surface area contributed by atoms with E-state index >= 15 is 0 Å². The highest BCUT2D eigenvalue weighted by Crippen LogP contribution is 2.41. The average molecular weight is 363 g/mol. The van der Waals surface area contributed by atoms with E-state index < -0.39 is 0 Å². The van der Waals surface area contributed by atoms with Gasteiger partial charge in [0.05, 0.1) is 38.4 Å². The lowest BCUT2D eigenvalue weighted by Crippen LogP contribution is -2.01. The van der Waals surface area contributed by atoms with Crippen LogP contribution in [0.15, 0.2) is 42.6 Å². The summed E-state index contributed by atoms with van der Waals surface area (Å²) in [5, 5.41) is 11.4. The summed E-state index contributed by atoms with van der Waals surface area (Å²) >= 11 is 0. The highest BCUT2D eigenvalue weighted by Gasteiger charge is 2.16. The molecule has 0 saturated carbocycles. The Morgan fingerprint density at radius 1 is 0.889 bits per heavy atom. The summed E-state index contributed by atoms with van der Waals surface area (Å²) in [4.78, 5) is 13.1. The first-order valence-electron chi connectivity index (χ1n) is 7.96. The SMILES string of the molecule is COc1cc(-c2cc(-c3ccccn3)nc(NC#N)n2)cc(OC)c1OC. The van der Waals surface area contributed by atoms with Gasteiger partial charge in [0.1, 0.15) is 0 Å². The quantitative estimate of drug-likeness (QED) is 0.526. The van der Waals surface area contributed by atoms with E-state index in [1.807, 2.05) is 24.4 Å². The van der Waals surface area contributed by atoms with Gasteiger partial charge >= 0.3 is 0 Å². The number of rotatable bonds is 6. The van der Waals surface area contributed by atoms with Gasteiger partial charge in [-0.2, -0.15) is 5.26 Å². The van der Waals surface area contributed by atoms with Crippen molar-refractivity contribution >= 4 is 5.95 Å². The standard InChI is InChI=1S/C19H17N5O3/c1-25-16-8-12(9-17(26-2)18(16)27-3)14-10-15(13-6-4-5-7-21-13)24-19(23-14)22-11-20/h4-10H,1-3H3,(H,22,23,24). The zero-order valence-corrected chi connectivity index (χ0v) is 15.1. The Morgan fingerprint density at radius 3 is 2.15 bits per heavy atom. The van der Waals surface area contributed by atoms with E-state index in [1.165, 1.54) is 0 Å². The molecule has 136 valence electrons. The molecule has 0 saturated heterocycles. The Bertz CT molecular complexity index is 961. The van der Waals surface area contributed by atoms with Crippen molar-refractivity contribution in [2.75, 3.05) is 26.6 Å². The van der Waals surface area contributed by atoms with E-state index in [-0.39, 0.29) is 5.95 Å². The topological polar surface area (TPSA) is 102 Å². The maximum absolute atomic E-state index is 8.96. The molecule has 0 spiro atoms. The second-order valence-corrected chi connectivity index (χ2v) is 5.33. The molecule has 8 heteroatoms. The molecule has 0 aliphatic carbocycles. The van der Waals surface area contributed by atoms with E-state index in [1.54, 1.807) is 45.7 Å². The minimum absolute atomic E-state index is 0.171. The Kier molecular flexibility index (Phi) is 5.33. The molecule has 0 atom stereocenters. The highest BCUT2D eigenvalue weighted by atomic mass is 16.5. The van der Waals surface area contributed by atoms with Crippen LogP contribution in [-0.4, -0.2) is 36.3 Å². The molecule has 2 heterocycles. The number of nitriles is 1. The Labute approximate surface area is 156 Å². The molecular weight excluding hydrogens is 346 g/mol. The van der Waals surface area contributed by atoms with E-state index in [0.717, 1.165) is 0 Å². The lowest BCUT2D eigenvalue weighted by molar-refractivity contribution is 0.324. The fraction of sp³-hybridized carbons (Fsp3) is 0.158. The van der Waals surface area contributed by atoms with Crippen LogP contribution < -0.4 is 19.5 Å². The largest absolute Gasteiger partial charge is 0.493 e. The van der Waals surface area contributed by atoms with Crippen LogP contribution in [0, 0.1) is 11.5 Å². The van der Waals surface area contributed by atoms with E-state index in [0.29, 0.717) is 39.9 Å². The van der Waals surface area contributed by atoms with Gasteiger partial charge in [0, 0.05) is 11.8 Å². The second kappa shape index (κ2) is 8.01. The van der Waals surface area contributed by atoms with Gasteiger partial charge in [0.15, 0.2) is 17.7 Å². The van der Waals surface area contributed by atoms with E-state index in [2.05, 4.69) is 20.3 Å². The van der Waals surface area contributed by atoms with Gasteiger partial charge in [0.25, 0.3) is 0 Å². The zero-order chi connectivity index (χ0) is 19.2. The molecule has 3 aromatic rings. The van der Waals surface area contributed by atoms with Gasteiger partial charge in [0.2, 0.25) is 11.7 Å². The maximum atomic E-state index is 8.96. The summed E-state index contributed by atoms with van der Waals surface area (Å²) in [5.74, 6) is 1.65. The predicted molar refractivity (Wildman–Crippen MR) is 99.6 cm³/mol. The number of nitrogens with one attached hydrogen (secondary N) is 1. The summed E-state index contributed by atoms with van der Waals surface area (Å²) in [7, 11) is 4.63. The first kappa shape index (κ1) is 17.9. The molecule has 0 aliphatic heterocycles. The van der Waals surface area contributed by atoms with Gasteiger partial charge < -0.3 is 14.2 Å². The van der Waals surface area contributed by atoms with Crippen molar-refractivity contribution in [2.24, 2.45) is 0 Å². The van der Waals surface area contributed by atoms with Gasteiger partial charge in [-0.15, -0.1) is 0 Å². The minimum atomic E-state index is 0.171. The summed E-state index contributed by atoms with van der Waals surface area (Å²) < 4.78 is 16.2. The second-order valence-electron chi connectivity index (χ2n) is 5.33. The van der Waals surface area contributed by atoms with Crippen molar-refractivity contribution in [1.82, 2.24) is 15.0 Å². The fourth-order valence-corrected chi connectivity index (χ4v) is 2.58. The highest BCUT2D eigenvalue weighted by molar-refractivity contribution is 5.72. The van der Waals surface area contributed by atoms with Crippen LogP contribution in [0.5, 0.6) is 17.2 Å². The maximum Gasteiger partial charge on any atom is 0.237 e. The third kappa shape index (κ3) is 3.72. The minimum Gasteiger partial charge on any atom is -0.493 e. The molecule has 3 rings (SSSR count). The van der Waals surface area contributed by atoms with Gasteiger partial charge in [-0.05, 0) is 30.3 Å². The fourth-order valence-electron chi connectivity index (χ4n) is 2.58. The van der Waals surface area contributed by atoms with Crippen molar-refractivity contribution in [3.8, 4) is 46.1 Å². The number of methoxy groups -OCH3 is 3. The van der Waals surface area contributed by atoms with Crippen molar-refractivity contribution in [2.45, 2.75) is 0 Å². The van der Waals surface area contributed by atoms with Crippen LogP contribution in [0.1, 0.15) is 0 Å². The van der Waals surface area contributed by atoms with Crippen LogP contribution >= 0.6 is 0 Å². The van der Waals surface area contributed by atoms with E-state index in [9.17, 15) is 0 Å². The van der Waals surface area contributed by atoms with Gasteiger partial charge in [-0.3, -0.25) is 10.3 Å². The third-order valence-corrected chi connectivity index (χ3v) is 3.78. The summed E-state index contributed by atoms with van der Waals surface area (Å²) in [6.45, 7) is 0. The lowest BCUT2D eigenvalue weighted by Gasteiger charge is -2.14. The van der Waals surface area contributed by atoms with Crippen molar-refractivity contribution in [3.63, 3.8) is 0 Å². The summed E-state index contributed by atoms with van der Waals surface area (Å²) in [5.41, 5.74) is 2.52. The summed E-state index contributed by atoms with van der Waals surface area (Å²) in [6.07, 6.45) is 3.51. The van der Waals surface area contributed by atoms with Crippen LogP contribution in [0.2, 0.25) is 0 Å². The van der Waals surface area contributed by atoms with Gasteiger partial charge in [-0.25, -0.2) is 9.97 Å². The first-order valence-corrected chi connectivity index (χ1v) is 7.96. The number of hydrogen-bond donors (Lipinski definition) is 1. The van der Waals surface area contributed by atoms with E-state index in [4.69, 9.17) is 19.5 Å². The van der Waals surface area contributed by atoms with Gasteiger partial charge in [-0.1, -0.05) is 6.07 Å². The van der Waals surface area contributed by atoms with Crippen LogP contribution in [-0.2, 0) is 0 Å². The normalized spacial score (nSPS) is 10.0. The smallest absolute Gasteiger partial charge is 0.237 e. The number of anilines is 1. The van der Waals surface area contributed by atoms with Crippen molar-refractivity contribution in [3.05, 3.63) is 42.6 Å². The molecule has 0 fully saturated rings. The molecule has 0 unspecified atom stereocenters. The number of ether oxygens (including phenoxy) is 3. The molecule has 0 amide bonds. The molecule has 8 nitrogen and oxygen atoms in total. The van der Waals surface area contributed by atoms with Crippen LogP contribution in [0.4, 0.5) is 5.95 Å². The first-order chi connectivity index (χ1) is 13.2. The number of pyridine rings is 1. The zero-order valence-electron chi connectivity index (χ0n) is 15.1. The number of hydrogen-bond acceptors (Lipinski definition) is 8. The lowest BCUT2D eigenvalue weighted by atomic mass is 10.1.